The van der Waals surface area contributed by atoms with Crippen LogP contribution in [0.4, 0.5) is 11.6 Å². The van der Waals surface area contributed by atoms with E-state index in [4.69, 9.17) is 5.73 Å². The molecule has 3 N–H and O–H groups in total. The molecule has 0 fully saturated rings. The molecule has 1 atom stereocenters. The molecule has 1 unspecified atom stereocenters. The lowest BCUT2D eigenvalue weighted by molar-refractivity contribution is 0.551. The Labute approximate surface area is 118 Å². The van der Waals surface area contributed by atoms with Crippen molar-refractivity contribution in [3.05, 3.63) is 34.3 Å². The van der Waals surface area contributed by atoms with Crippen LogP contribution in [0, 0.1) is 5.92 Å². The third-order valence-electron chi connectivity index (χ3n) is 2.93. The van der Waals surface area contributed by atoms with Gasteiger partial charge >= 0.3 is 0 Å². The van der Waals surface area contributed by atoms with Crippen molar-refractivity contribution in [3.63, 3.8) is 0 Å². The van der Waals surface area contributed by atoms with Gasteiger partial charge in [-0.2, -0.15) is 0 Å². The van der Waals surface area contributed by atoms with Crippen molar-refractivity contribution in [2.24, 2.45) is 5.92 Å². The molecule has 0 saturated carbocycles. The Balaban J connectivity index is 2.24. The fourth-order valence-corrected chi connectivity index (χ4v) is 2.89. The van der Waals surface area contributed by atoms with E-state index in [-0.39, 0.29) is 6.04 Å². The molecular weight excluding hydrogens is 256 g/mol. The standard InChI is InChI=1S/C14H20N4S/c1-4-12-16-11(15)8-13(17-12)18-14(9(2)3)10-6-5-7-19-10/h5-9,14H,4H2,1-3H3,(H3,15,16,17,18). The van der Waals surface area contributed by atoms with E-state index in [1.165, 1.54) is 4.88 Å². The summed E-state index contributed by atoms with van der Waals surface area (Å²) in [5, 5.41) is 5.57. The lowest BCUT2D eigenvalue weighted by Gasteiger charge is -2.22. The van der Waals surface area contributed by atoms with E-state index in [0.29, 0.717) is 11.7 Å². The number of nitrogen functional groups attached to an aromatic ring is 1. The molecule has 2 rings (SSSR count). The van der Waals surface area contributed by atoms with Crippen molar-refractivity contribution in [1.82, 2.24) is 9.97 Å². The molecule has 0 aromatic carbocycles. The Morgan fingerprint density at radius 2 is 2.16 bits per heavy atom. The number of aryl methyl sites for hydroxylation is 1. The summed E-state index contributed by atoms with van der Waals surface area (Å²) in [7, 11) is 0. The minimum absolute atomic E-state index is 0.249. The lowest BCUT2D eigenvalue weighted by Crippen LogP contribution is -2.17. The van der Waals surface area contributed by atoms with Crippen molar-refractivity contribution >= 4 is 23.0 Å². The van der Waals surface area contributed by atoms with E-state index in [1.54, 1.807) is 17.4 Å². The highest BCUT2D eigenvalue weighted by Crippen LogP contribution is 2.29. The van der Waals surface area contributed by atoms with E-state index >= 15 is 0 Å². The zero-order valence-corrected chi connectivity index (χ0v) is 12.4. The Morgan fingerprint density at radius 1 is 1.37 bits per heavy atom. The summed E-state index contributed by atoms with van der Waals surface area (Å²) in [6.07, 6.45) is 0.783. The second kappa shape index (κ2) is 6.02. The molecule has 19 heavy (non-hydrogen) atoms. The number of nitrogens with zero attached hydrogens (tertiary/aromatic N) is 2. The second-order valence-electron chi connectivity index (χ2n) is 4.83. The van der Waals surface area contributed by atoms with Crippen molar-refractivity contribution in [2.75, 3.05) is 11.1 Å². The minimum Gasteiger partial charge on any atom is -0.384 e. The number of rotatable bonds is 5. The predicted molar refractivity (Wildman–Crippen MR) is 81.3 cm³/mol. The molecule has 0 saturated heterocycles. The molecule has 4 nitrogen and oxygen atoms in total. The maximum absolute atomic E-state index is 5.82. The molecule has 0 aliphatic rings. The topological polar surface area (TPSA) is 63.8 Å². The molecule has 0 aliphatic carbocycles. The summed E-state index contributed by atoms with van der Waals surface area (Å²) < 4.78 is 0. The number of nitrogens with one attached hydrogen (secondary N) is 1. The van der Waals surface area contributed by atoms with E-state index in [0.717, 1.165) is 18.1 Å². The Hall–Kier alpha value is -1.62. The quantitative estimate of drug-likeness (QED) is 0.877. The average Bonchev–Trinajstić information content (AvgIpc) is 2.88. The third kappa shape index (κ3) is 3.44. The minimum atomic E-state index is 0.249. The highest BCUT2D eigenvalue weighted by Gasteiger charge is 2.17. The predicted octanol–water partition coefficient (Wildman–Crippen LogP) is 3.49. The van der Waals surface area contributed by atoms with Crippen LogP contribution < -0.4 is 11.1 Å². The van der Waals surface area contributed by atoms with E-state index in [2.05, 4.69) is 46.6 Å². The first kappa shape index (κ1) is 13.8. The van der Waals surface area contributed by atoms with E-state index in [1.807, 2.05) is 6.92 Å². The van der Waals surface area contributed by atoms with Crippen LogP contribution in [0.3, 0.4) is 0 Å². The first-order valence-corrected chi connectivity index (χ1v) is 7.41. The van der Waals surface area contributed by atoms with Crippen molar-refractivity contribution in [3.8, 4) is 0 Å². The van der Waals surface area contributed by atoms with Crippen LogP contribution in [0.5, 0.6) is 0 Å². The smallest absolute Gasteiger partial charge is 0.132 e. The van der Waals surface area contributed by atoms with Gasteiger partial charge in [0.15, 0.2) is 0 Å². The number of hydrogen-bond acceptors (Lipinski definition) is 5. The molecule has 0 bridgehead atoms. The van der Waals surface area contributed by atoms with Crippen molar-refractivity contribution < 1.29 is 0 Å². The van der Waals surface area contributed by atoms with Crippen LogP contribution >= 0.6 is 11.3 Å². The molecule has 5 heteroatoms. The molecule has 2 heterocycles. The normalized spacial score (nSPS) is 12.6. The summed E-state index contributed by atoms with van der Waals surface area (Å²) in [6.45, 7) is 6.42. The van der Waals surface area contributed by atoms with Crippen LogP contribution in [-0.2, 0) is 6.42 Å². The van der Waals surface area contributed by atoms with Gasteiger partial charge in [0.25, 0.3) is 0 Å². The van der Waals surface area contributed by atoms with Gasteiger partial charge in [0.2, 0.25) is 0 Å². The summed E-state index contributed by atoms with van der Waals surface area (Å²) in [6, 6.07) is 6.26. The first-order valence-electron chi connectivity index (χ1n) is 6.53. The summed E-state index contributed by atoms with van der Waals surface area (Å²) >= 11 is 1.76. The Morgan fingerprint density at radius 3 is 2.74 bits per heavy atom. The molecular formula is C14H20N4S. The largest absolute Gasteiger partial charge is 0.384 e. The number of anilines is 2. The van der Waals surface area contributed by atoms with Crippen LogP contribution in [0.1, 0.15) is 37.5 Å². The summed E-state index contributed by atoms with van der Waals surface area (Å²) in [4.78, 5) is 9.99. The first-order chi connectivity index (χ1) is 9.10. The van der Waals surface area contributed by atoms with Crippen LogP contribution in [0.2, 0.25) is 0 Å². The molecule has 102 valence electrons. The van der Waals surface area contributed by atoms with Crippen molar-refractivity contribution in [2.45, 2.75) is 33.2 Å². The van der Waals surface area contributed by atoms with Crippen molar-refractivity contribution in [1.29, 1.82) is 0 Å². The fourth-order valence-electron chi connectivity index (χ4n) is 1.94. The molecule has 0 spiro atoms. The number of hydrogen-bond donors (Lipinski definition) is 2. The van der Waals surface area contributed by atoms with E-state index < -0.39 is 0 Å². The van der Waals surface area contributed by atoms with Gasteiger partial charge in [0, 0.05) is 17.4 Å². The molecule has 0 radical (unpaired) electrons. The maximum atomic E-state index is 5.82. The monoisotopic (exact) mass is 276 g/mol. The van der Waals surface area contributed by atoms with Gasteiger partial charge in [-0.05, 0) is 17.4 Å². The number of nitrogens with two attached hydrogens (primary N) is 1. The van der Waals surface area contributed by atoms with Gasteiger partial charge in [-0.25, -0.2) is 9.97 Å². The van der Waals surface area contributed by atoms with Gasteiger partial charge in [0.05, 0.1) is 6.04 Å². The highest BCUT2D eigenvalue weighted by molar-refractivity contribution is 7.10. The zero-order chi connectivity index (χ0) is 13.8. The summed E-state index contributed by atoms with van der Waals surface area (Å²) in [5.74, 6) is 2.57. The van der Waals surface area contributed by atoms with Gasteiger partial charge in [0.1, 0.15) is 17.5 Å². The molecule has 0 aliphatic heterocycles. The number of aromatic nitrogens is 2. The Bertz CT molecular complexity index is 522. The van der Waals surface area contributed by atoms with Gasteiger partial charge < -0.3 is 11.1 Å². The maximum Gasteiger partial charge on any atom is 0.132 e. The highest BCUT2D eigenvalue weighted by atomic mass is 32.1. The van der Waals surface area contributed by atoms with Crippen LogP contribution in [0.25, 0.3) is 0 Å². The lowest BCUT2D eigenvalue weighted by atomic mass is 10.0. The molecule has 2 aromatic rings. The molecule has 0 amide bonds. The van der Waals surface area contributed by atoms with Crippen LogP contribution in [0.15, 0.2) is 23.6 Å². The van der Waals surface area contributed by atoms with Gasteiger partial charge in [-0.15, -0.1) is 11.3 Å². The average molecular weight is 276 g/mol. The summed E-state index contributed by atoms with van der Waals surface area (Å²) in [5.41, 5.74) is 5.82. The SMILES string of the molecule is CCc1nc(N)cc(NC(c2cccs2)C(C)C)n1. The van der Waals surface area contributed by atoms with Gasteiger partial charge in [-0.3, -0.25) is 0 Å². The zero-order valence-electron chi connectivity index (χ0n) is 11.6. The molecule has 2 aromatic heterocycles. The van der Waals surface area contributed by atoms with Gasteiger partial charge in [-0.1, -0.05) is 26.8 Å². The van der Waals surface area contributed by atoms with E-state index in [9.17, 15) is 0 Å². The van der Waals surface area contributed by atoms with Crippen LogP contribution in [-0.4, -0.2) is 9.97 Å². The fraction of sp³-hybridized carbons (Fsp3) is 0.429. The second-order valence-corrected chi connectivity index (χ2v) is 5.81. The third-order valence-corrected chi connectivity index (χ3v) is 3.88. The number of thiophene rings is 1. The Kier molecular flexibility index (Phi) is 4.37.